The molecule has 0 aliphatic heterocycles. The van der Waals surface area contributed by atoms with E-state index in [0.29, 0.717) is 18.4 Å². The molecule has 0 aromatic heterocycles. The SMILES string of the molecule is CC(=O)O[C@H]1[CH][C@H]2C[C@@H]1[C@@H](OCc1ccccc1)C2.[Cl-].[Hg+]. The van der Waals surface area contributed by atoms with Crippen molar-refractivity contribution in [3.05, 3.63) is 42.3 Å². The minimum absolute atomic E-state index is 0. The number of fused-ring (bicyclic) bond motifs is 2. The molecule has 2 fully saturated rings. The Labute approximate surface area is 152 Å². The van der Waals surface area contributed by atoms with Crippen molar-refractivity contribution in [1.29, 1.82) is 0 Å². The van der Waals surface area contributed by atoms with Gasteiger partial charge in [-0.3, -0.25) is 4.79 Å². The van der Waals surface area contributed by atoms with Gasteiger partial charge in [0, 0.05) is 19.3 Å². The first-order valence-corrected chi connectivity index (χ1v) is 6.90. The zero-order chi connectivity index (χ0) is 13.2. The van der Waals surface area contributed by atoms with Crippen molar-refractivity contribution in [2.75, 3.05) is 0 Å². The molecule has 1 aromatic rings. The number of hydrogen-bond acceptors (Lipinski definition) is 3. The second kappa shape index (κ2) is 8.49. The summed E-state index contributed by atoms with van der Waals surface area (Å²) in [5, 5.41) is 0. The number of esters is 1. The van der Waals surface area contributed by atoms with Gasteiger partial charge < -0.3 is 21.9 Å². The van der Waals surface area contributed by atoms with Crippen LogP contribution < -0.4 is 12.4 Å². The quantitative estimate of drug-likeness (QED) is 0.427. The van der Waals surface area contributed by atoms with E-state index in [9.17, 15) is 4.79 Å². The summed E-state index contributed by atoms with van der Waals surface area (Å²) >= 11 is 0. The largest absolute Gasteiger partial charge is 1.00 e. The molecule has 110 valence electrons. The minimum Gasteiger partial charge on any atom is -1.00 e. The zero-order valence-electron chi connectivity index (χ0n) is 12.2. The number of carbonyl (C=O) groups excluding carboxylic acids is 1. The molecule has 3 nitrogen and oxygen atoms in total. The van der Waals surface area contributed by atoms with E-state index in [1.807, 2.05) is 18.2 Å². The number of ether oxygens (including phenoxy) is 2. The second-order valence-electron chi connectivity index (χ2n) is 5.50. The van der Waals surface area contributed by atoms with Crippen LogP contribution in [0.5, 0.6) is 0 Å². The van der Waals surface area contributed by atoms with Crippen LogP contribution >= 0.6 is 0 Å². The summed E-state index contributed by atoms with van der Waals surface area (Å²) in [5.74, 6) is 0.698. The first-order valence-electron chi connectivity index (χ1n) is 6.90. The van der Waals surface area contributed by atoms with Gasteiger partial charge in [-0.05, 0) is 24.3 Å². The van der Waals surface area contributed by atoms with Crippen LogP contribution in [0.4, 0.5) is 0 Å². The van der Waals surface area contributed by atoms with Crippen LogP contribution in [0.2, 0.25) is 0 Å². The molecule has 2 aliphatic carbocycles. The van der Waals surface area contributed by atoms with Gasteiger partial charge in [0.25, 0.3) is 0 Å². The average molecular weight is 495 g/mol. The van der Waals surface area contributed by atoms with Crippen LogP contribution in [0.3, 0.4) is 0 Å². The number of benzene rings is 1. The van der Waals surface area contributed by atoms with Crippen molar-refractivity contribution in [3.63, 3.8) is 0 Å². The number of hydrogen-bond donors (Lipinski definition) is 0. The molecule has 2 bridgehead atoms. The van der Waals surface area contributed by atoms with Crippen LogP contribution in [0.1, 0.15) is 25.3 Å². The van der Waals surface area contributed by atoms with Crippen LogP contribution in [-0.4, -0.2) is 18.2 Å². The Bertz CT molecular complexity index is 454. The van der Waals surface area contributed by atoms with E-state index >= 15 is 0 Å². The predicted molar refractivity (Wildman–Crippen MR) is 71.1 cm³/mol. The smallest absolute Gasteiger partial charge is 1.00 e. The Morgan fingerprint density at radius 2 is 1.95 bits per heavy atom. The number of rotatable bonds is 4. The van der Waals surface area contributed by atoms with Gasteiger partial charge in [0.15, 0.2) is 0 Å². The van der Waals surface area contributed by atoms with Crippen molar-refractivity contribution in [2.45, 2.75) is 38.6 Å². The molecule has 21 heavy (non-hydrogen) atoms. The van der Waals surface area contributed by atoms with Crippen LogP contribution in [0.15, 0.2) is 30.3 Å². The third-order valence-corrected chi connectivity index (χ3v) is 4.08. The fourth-order valence-corrected chi connectivity index (χ4v) is 3.27. The summed E-state index contributed by atoms with van der Waals surface area (Å²) in [6.07, 6.45) is 4.51. The third-order valence-electron chi connectivity index (χ3n) is 4.08. The Morgan fingerprint density at radius 3 is 2.57 bits per heavy atom. The third kappa shape index (κ3) is 4.67. The molecular formula is C16H19ClHgO3. The maximum absolute atomic E-state index is 11.1. The van der Waals surface area contributed by atoms with E-state index < -0.39 is 0 Å². The summed E-state index contributed by atoms with van der Waals surface area (Å²) in [7, 11) is 0. The molecule has 4 atom stereocenters. The summed E-state index contributed by atoms with van der Waals surface area (Å²) < 4.78 is 11.4. The average Bonchev–Trinajstić information content (AvgIpc) is 2.96. The molecule has 2 aliphatic rings. The van der Waals surface area contributed by atoms with Crippen LogP contribution in [-0.2, 0) is 48.5 Å². The second-order valence-corrected chi connectivity index (χ2v) is 5.50. The molecule has 1 aromatic carbocycles. The van der Waals surface area contributed by atoms with Crippen LogP contribution in [0, 0.1) is 18.3 Å². The van der Waals surface area contributed by atoms with Crippen molar-refractivity contribution in [1.82, 2.24) is 0 Å². The number of carbonyl (C=O) groups is 1. The fourth-order valence-electron chi connectivity index (χ4n) is 3.27. The molecule has 0 saturated heterocycles. The van der Waals surface area contributed by atoms with Crippen LogP contribution in [0.25, 0.3) is 0 Å². The van der Waals surface area contributed by atoms with Gasteiger partial charge in [0.2, 0.25) is 0 Å². The topological polar surface area (TPSA) is 35.5 Å². The first-order chi connectivity index (χ1) is 9.22. The molecule has 0 heterocycles. The normalized spacial score (nSPS) is 29.4. The molecule has 0 amide bonds. The minimum atomic E-state index is -0.199. The summed E-state index contributed by atoms with van der Waals surface area (Å²) in [4.78, 5) is 11.1. The first kappa shape index (κ1) is 18.9. The molecule has 2 saturated carbocycles. The maximum Gasteiger partial charge on any atom is 1.00 e. The summed E-state index contributed by atoms with van der Waals surface area (Å²) in [6, 6.07) is 10.2. The van der Waals surface area contributed by atoms with Gasteiger partial charge in [-0.15, -0.1) is 0 Å². The van der Waals surface area contributed by atoms with Gasteiger partial charge in [0.05, 0.1) is 12.7 Å². The van der Waals surface area contributed by atoms with E-state index in [-0.39, 0.29) is 58.3 Å². The van der Waals surface area contributed by atoms with Gasteiger partial charge in [0.1, 0.15) is 6.10 Å². The molecular weight excluding hydrogens is 476 g/mol. The Hall–Kier alpha value is -0.125. The predicted octanol–water partition coefficient (Wildman–Crippen LogP) is -0.251. The molecule has 0 spiro atoms. The zero-order valence-corrected chi connectivity index (χ0v) is 18.5. The van der Waals surface area contributed by atoms with E-state index in [1.165, 1.54) is 12.5 Å². The van der Waals surface area contributed by atoms with Crippen molar-refractivity contribution in [2.24, 2.45) is 11.8 Å². The van der Waals surface area contributed by atoms with E-state index in [0.717, 1.165) is 12.8 Å². The number of halogens is 1. The van der Waals surface area contributed by atoms with E-state index in [4.69, 9.17) is 9.47 Å². The molecule has 0 unspecified atom stereocenters. The van der Waals surface area contributed by atoms with Crippen molar-refractivity contribution in [3.8, 4) is 0 Å². The Balaban J connectivity index is 0.00000110. The fraction of sp³-hybridized carbons (Fsp3) is 0.500. The van der Waals surface area contributed by atoms with Gasteiger partial charge in [-0.1, -0.05) is 30.3 Å². The van der Waals surface area contributed by atoms with E-state index in [1.54, 1.807) is 0 Å². The standard InChI is InChI=1S/C16H19O3.ClH.Hg/c1-11(17)19-16-9-13-7-14(16)15(8-13)18-10-12-5-3-2-4-6-12;;/h2-6,9,13-16H,7-8,10H2,1H3;1H;/q;;+1/p-1/t13-,14+,15-,16-;;/m0../s1. The summed E-state index contributed by atoms with van der Waals surface area (Å²) in [6.45, 7) is 2.11. The molecule has 3 rings (SSSR count). The monoisotopic (exact) mass is 496 g/mol. The van der Waals surface area contributed by atoms with Crippen molar-refractivity contribution < 1.29 is 54.3 Å². The Kier molecular flexibility index (Phi) is 7.65. The van der Waals surface area contributed by atoms with Crippen molar-refractivity contribution >= 4 is 5.97 Å². The van der Waals surface area contributed by atoms with Gasteiger partial charge in [-0.25, -0.2) is 0 Å². The van der Waals surface area contributed by atoms with E-state index in [2.05, 4.69) is 18.6 Å². The summed E-state index contributed by atoms with van der Waals surface area (Å²) in [5.41, 5.74) is 1.19. The maximum atomic E-state index is 11.1. The molecule has 0 N–H and O–H groups in total. The van der Waals surface area contributed by atoms with Gasteiger partial charge >= 0.3 is 33.6 Å². The molecule has 5 heteroatoms. The molecule has 2 radical (unpaired) electrons. The Morgan fingerprint density at radius 1 is 1.24 bits per heavy atom. The van der Waals surface area contributed by atoms with Gasteiger partial charge in [-0.2, -0.15) is 0 Å².